The van der Waals surface area contributed by atoms with Crippen LogP contribution in [0.3, 0.4) is 0 Å². The Bertz CT molecular complexity index is 323. The molecule has 1 aliphatic carbocycles. The molecule has 3 heteroatoms. The lowest BCUT2D eigenvalue weighted by Crippen LogP contribution is -2.02. The molecule has 1 atom stereocenters. The Morgan fingerprint density at radius 2 is 2.15 bits per heavy atom. The van der Waals surface area contributed by atoms with Crippen molar-refractivity contribution in [3.8, 4) is 0 Å². The summed E-state index contributed by atoms with van der Waals surface area (Å²) in [5.74, 6) is 0.0884. The highest BCUT2D eigenvalue weighted by Crippen LogP contribution is 2.42. The van der Waals surface area contributed by atoms with Gasteiger partial charge >= 0.3 is 0 Å². The third-order valence-corrected chi connectivity index (χ3v) is 3.33. The molecule has 0 spiro atoms. The Morgan fingerprint density at radius 1 is 1.46 bits per heavy atom. The molecule has 2 rings (SSSR count). The minimum absolute atomic E-state index is 0.268. The fourth-order valence-corrected chi connectivity index (χ4v) is 2.06. The molecular weight excluding hydrogens is 282 g/mol. The minimum Gasteiger partial charge on any atom is -0.388 e. The molecule has 1 aromatic rings. The quantitative estimate of drug-likeness (QED) is 0.831. The molecule has 0 radical (unpaired) electrons. The number of halogens is 2. The normalized spacial score (nSPS) is 18.7. The summed E-state index contributed by atoms with van der Waals surface area (Å²) >= 11 is 2.13. The van der Waals surface area contributed by atoms with Crippen LogP contribution in [0.25, 0.3) is 0 Å². The number of hydrogen-bond acceptors (Lipinski definition) is 1. The molecule has 0 aliphatic heterocycles. The van der Waals surface area contributed by atoms with Gasteiger partial charge in [0.1, 0.15) is 5.82 Å². The van der Waals surface area contributed by atoms with Crippen LogP contribution in [-0.4, -0.2) is 5.11 Å². The molecule has 0 aromatic heterocycles. The topological polar surface area (TPSA) is 20.2 Å². The Morgan fingerprint density at radius 3 is 2.77 bits per heavy atom. The van der Waals surface area contributed by atoms with Crippen molar-refractivity contribution in [2.24, 2.45) is 5.92 Å². The summed E-state index contributed by atoms with van der Waals surface area (Å²) in [4.78, 5) is 0. The van der Waals surface area contributed by atoms with Crippen molar-refractivity contribution in [3.05, 3.63) is 33.1 Å². The van der Waals surface area contributed by atoms with Crippen LogP contribution in [0.15, 0.2) is 18.2 Å². The fourth-order valence-electron chi connectivity index (χ4n) is 1.41. The number of hydrogen-bond donors (Lipinski definition) is 1. The molecule has 1 saturated carbocycles. The van der Waals surface area contributed by atoms with Crippen LogP contribution in [0.2, 0.25) is 0 Å². The molecule has 13 heavy (non-hydrogen) atoms. The highest BCUT2D eigenvalue weighted by molar-refractivity contribution is 14.1. The van der Waals surface area contributed by atoms with E-state index in [0.29, 0.717) is 5.92 Å². The van der Waals surface area contributed by atoms with E-state index in [1.807, 2.05) is 0 Å². The van der Waals surface area contributed by atoms with E-state index >= 15 is 0 Å². The van der Waals surface area contributed by atoms with Crippen LogP contribution >= 0.6 is 22.6 Å². The van der Waals surface area contributed by atoms with Crippen molar-refractivity contribution in [1.82, 2.24) is 0 Å². The van der Waals surface area contributed by atoms with E-state index < -0.39 is 6.10 Å². The molecule has 1 aromatic carbocycles. The maximum Gasteiger partial charge on any atom is 0.123 e. The number of benzene rings is 1. The van der Waals surface area contributed by atoms with Crippen LogP contribution < -0.4 is 0 Å². The zero-order valence-electron chi connectivity index (χ0n) is 7.00. The van der Waals surface area contributed by atoms with E-state index in [0.717, 1.165) is 22.0 Å². The summed E-state index contributed by atoms with van der Waals surface area (Å²) in [5.41, 5.74) is 0.739. The molecule has 1 aliphatic rings. The molecule has 0 heterocycles. The van der Waals surface area contributed by atoms with Crippen LogP contribution in [0, 0.1) is 15.3 Å². The third-order valence-electron chi connectivity index (χ3n) is 2.35. The van der Waals surface area contributed by atoms with Gasteiger partial charge in [-0.1, -0.05) is 0 Å². The number of rotatable bonds is 2. The first-order chi connectivity index (χ1) is 6.18. The van der Waals surface area contributed by atoms with E-state index in [9.17, 15) is 9.50 Å². The van der Waals surface area contributed by atoms with Gasteiger partial charge in [0.2, 0.25) is 0 Å². The molecule has 0 saturated heterocycles. The number of aliphatic hydroxyl groups excluding tert-OH is 1. The summed E-state index contributed by atoms with van der Waals surface area (Å²) in [6, 6.07) is 4.56. The Hall–Kier alpha value is -0.160. The second-order valence-corrected chi connectivity index (χ2v) is 4.61. The largest absolute Gasteiger partial charge is 0.388 e. The van der Waals surface area contributed by atoms with Crippen molar-refractivity contribution < 1.29 is 9.50 Å². The van der Waals surface area contributed by atoms with Gasteiger partial charge in [0.15, 0.2) is 0 Å². The fraction of sp³-hybridized carbons (Fsp3) is 0.400. The summed E-state index contributed by atoms with van der Waals surface area (Å²) in [5, 5.41) is 9.79. The zero-order valence-corrected chi connectivity index (χ0v) is 9.16. The van der Waals surface area contributed by atoms with E-state index in [1.54, 1.807) is 6.07 Å². The van der Waals surface area contributed by atoms with Gasteiger partial charge in [-0.05, 0) is 65.1 Å². The first-order valence-corrected chi connectivity index (χ1v) is 5.39. The number of aliphatic hydroxyl groups is 1. The second-order valence-electron chi connectivity index (χ2n) is 3.45. The van der Waals surface area contributed by atoms with Crippen LogP contribution in [0.4, 0.5) is 4.39 Å². The Kier molecular flexibility index (Phi) is 2.55. The van der Waals surface area contributed by atoms with Gasteiger partial charge in [-0.15, -0.1) is 0 Å². The van der Waals surface area contributed by atoms with E-state index in [2.05, 4.69) is 22.6 Å². The predicted octanol–water partition coefficient (Wildman–Crippen LogP) is 2.87. The van der Waals surface area contributed by atoms with Crippen LogP contribution in [0.1, 0.15) is 24.5 Å². The zero-order chi connectivity index (χ0) is 9.42. The van der Waals surface area contributed by atoms with Gasteiger partial charge < -0.3 is 5.11 Å². The van der Waals surface area contributed by atoms with Crippen molar-refractivity contribution >= 4 is 22.6 Å². The standard InChI is InChI=1S/C10H10FIO/c11-7-3-4-9(12)8(5-7)10(13)6-1-2-6/h3-6,10,13H,1-2H2/t10-/m0/s1. The Balaban J connectivity index is 2.31. The van der Waals surface area contributed by atoms with Gasteiger partial charge in [-0.3, -0.25) is 0 Å². The SMILES string of the molecule is O[C@H](c1cc(F)ccc1I)C1CC1. The summed E-state index contributed by atoms with van der Waals surface area (Å²) in [6.45, 7) is 0. The average Bonchev–Trinajstić information content (AvgIpc) is 2.91. The maximum atomic E-state index is 12.9. The lowest BCUT2D eigenvalue weighted by Gasteiger charge is -2.11. The molecule has 0 bridgehead atoms. The molecule has 70 valence electrons. The van der Waals surface area contributed by atoms with Crippen molar-refractivity contribution in [3.63, 3.8) is 0 Å². The molecule has 1 N–H and O–H groups in total. The molecule has 0 amide bonds. The molecule has 1 nitrogen and oxygen atoms in total. The van der Waals surface area contributed by atoms with Crippen LogP contribution in [0.5, 0.6) is 0 Å². The first-order valence-electron chi connectivity index (χ1n) is 4.31. The summed E-state index contributed by atoms with van der Waals surface area (Å²) < 4.78 is 13.8. The third kappa shape index (κ3) is 2.02. The van der Waals surface area contributed by atoms with Gasteiger partial charge in [-0.25, -0.2) is 4.39 Å². The van der Waals surface area contributed by atoms with Crippen molar-refractivity contribution in [2.75, 3.05) is 0 Å². The van der Waals surface area contributed by atoms with Crippen LogP contribution in [-0.2, 0) is 0 Å². The molecule has 1 fully saturated rings. The molecule has 0 unspecified atom stereocenters. The van der Waals surface area contributed by atoms with E-state index in [1.165, 1.54) is 12.1 Å². The predicted molar refractivity (Wildman–Crippen MR) is 56.8 cm³/mol. The van der Waals surface area contributed by atoms with Gasteiger partial charge in [0.25, 0.3) is 0 Å². The van der Waals surface area contributed by atoms with Crippen molar-refractivity contribution in [2.45, 2.75) is 18.9 Å². The van der Waals surface area contributed by atoms with E-state index in [4.69, 9.17) is 0 Å². The lowest BCUT2D eigenvalue weighted by molar-refractivity contribution is 0.152. The lowest BCUT2D eigenvalue weighted by atomic mass is 10.1. The smallest absolute Gasteiger partial charge is 0.123 e. The van der Waals surface area contributed by atoms with Gasteiger partial charge in [-0.2, -0.15) is 0 Å². The highest BCUT2D eigenvalue weighted by atomic mass is 127. The minimum atomic E-state index is -0.470. The monoisotopic (exact) mass is 292 g/mol. The van der Waals surface area contributed by atoms with E-state index in [-0.39, 0.29) is 5.82 Å². The average molecular weight is 292 g/mol. The maximum absolute atomic E-state index is 12.9. The van der Waals surface area contributed by atoms with Gasteiger partial charge in [0.05, 0.1) is 6.10 Å². The summed E-state index contributed by atoms with van der Waals surface area (Å²) in [6.07, 6.45) is 1.66. The molecular formula is C10H10FIO. The first kappa shape index (κ1) is 9.40. The van der Waals surface area contributed by atoms with Crippen molar-refractivity contribution in [1.29, 1.82) is 0 Å². The second kappa shape index (κ2) is 3.53. The summed E-state index contributed by atoms with van der Waals surface area (Å²) in [7, 11) is 0. The highest BCUT2D eigenvalue weighted by Gasteiger charge is 2.31. The van der Waals surface area contributed by atoms with Gasteiger partial charge in [0, 0.05) is 3.57 Å². The Labute approximate surface area is 90.1 Å².